The third-order valence-electron chi connectivity index (χ3n) is 3.34. The molecule has 2 aromatic carbocycles. The quantitative estimate of drug-likeness (QED) is 0.776. The zero-order valence-electron chi connectivity index (χ0n) is 13.6. The first-order valence-corrected chi connectivity index (χ1v) is 8.51. The lowest BCUT2D eigenvalue weighted by Crippen LogP contribution is -2.36. The molecule has 6 heteroatoms. The molecule has 0 aliphatic carbocycles. The molecule has 0 aliphatic heterocycles. The Balaban J connectivity index is 1.99. The molecule has 0 aliphatic rings. The molecule has 2 aromatic rings. The number of rotatable bonds is 7. The first-order valence-electron chi connectivity index (χ1n) is 7.52. The molecular formula is C18H20F2N2OS. The van der Waals surface area contributed by atoms with E-state index in [0.717, 1.165) is 35.5 Å². The van der Waals surface area contributed by atoms with Gasteiger partial charge in [0.05, 0.1) is 11.8 Å². The predicted octanol–water partition coefficient (Wildman–Crippen LogP) is 3.48. The molecule has 2 rings (SSSR count). The molecule has 0 unspecified atom stereocenters. The Morgan fingerprint density at radius 3 is 2.54 bits per heavy atom. The number of carbonyl (C=O) groups excluding carboxylic acids is 1. The Labute approximate surface area is 145 Å². The highest BCUT2D eigenvalue weighted by molar-refractivity contribution is 8.00. The van der Waals surface area contributed by atoms with Crippen LogP contribution in [-0.2, 0) is 4.79 Å². The summed E-state index contributed by atoms with van der Waals surface area (Å²) in [4.78, 5) is 14.3. The van der Waals surface area contributed by atoms with E-state index in [9.17, 15) is 13.6 Å². The van der Waals surface area contributed by atoms with Crippen LogP contribution < -0.4 is 5.32 Å². The maximum atomic E-state index is 13.6. The number of nitrogens with zero attached hydrogens (tertiary/aromatic N) is 1. The Morgan fingerprint density at radius 2 is 1.88 bits per heavy atom. The smallest absolute Gasteiger partial charge is 0.230 e. The molecule has 1 atom stereocenters. The summed E-state index contributed by atoms with van der Waals surface area (Å²) in [5.74, 6) is -1.24. The van der Waals surface area contributed by atoms with Gasteiger partial charge in [0.1, 0.15) is 11.6 Å². The van der Waals surface area contributed by atoms with Crippen LogP contribution in [0, 0.1) is 11.6 Å². The van der Waals surface area contributed by atoms with Crippen LogP contribution in [-0.4, -0.2) is 37.2 Å². The van der Waals surface area contributed by atoms with Crippen LogP contribution in [0.15, 0.2) is 53.4 Å². The average molecular weight is 350 g/mol. The molecule has 3 nitrogen and oxygen atoms in total. The molecule has 0 fully saturated rings. The second-order valence-electron chi connectivity index (χ2n) is 5.66. The van der Waals surface area contributed by atoms with Crippen molar-refractivity contribution in [2.75, 3.05) is 26.4 Å². The third kappa shape index (κ3) is 5.62. The summed E-state index contributed by atoms with van der Waals surface area (Å²) in [6, 6.07) is 12.7. The van der Waals surface area contributed by atoms with Gasteiger partial charge in [-0.3, -0.25) is 4.79 Å². The van der Waals surface area contributed by atoms with Crippen molar-refractivity contribution in [2.45, 2.75) is 10.9 Å². The van der Waals surface area contributed by atoms with Gasteiger partial charge in [0.2, 0.25) is 5.91 Å². The summed E-state index contributed by atoms with van der Waals surface area (Å²) >= 11 is 0.985. The van der Waals surface area contributed by atoms with Gasteiger partial charge in [-0.05, 0) is 37.9 Å². The van der Waals surface area contributed by atoms with Gasteiger partial charge in [-0.15, -0.1) is 11.8 Å². The summed E-state index contributed by atoms with van der Waals surface area (Å²) in [5, 5.41) is 2.95. The SMILES string of the molecule is CN(C)C[C@H](NC(=O)CSc1cc(F)ccc1F)c1ccccc1. The topological polar surface area (TPSA) is 32.3 Å². The molecule has 0 bridgehead atoms. The van der Waals surface area contributed by atoms with Crippen molar-refractivity contribution < 1.29 is 13.6 Å². The van der Waals surface area contributed by atoms with Crippen molar-refractivity contribution >= 4 is 17.7 Å². The van der Waals surface area contributed by atoms with Gasteiger partial charge < -0.3 is 10.2 Å². The van der Waals surface area contributed by atoms with E-state index < -0.39 is 11.6 Å². The van der Waals surface area contributed by atoms with Gasteiger partial charge in [0.15, 0.2) is 0 Å². The van der Waals surface area contributed by atoms with E-state index in [2.05, 4.69) is 5.32 Å². The first-order chi connectivity index (χ1) is 11.5. The van der Waals surface area contributed by atoms with Crippen LogP contribution in [0.1, 0.15) is 11.6 Å². The van der Waals surface area contributed by atoms with Crippen molar-refractivity contribution in [3.8, 4) is 0 Å². The lowest BCUT2D eigenvalue weighted by molar-refractivity contribution is -0.119. The van der Waals surface area contributed by atoms with Crippen LogP contribution in [0.25, 0.3) is 0 Å². The number of benzene rings is 2. The summed E-state index contributed by atoms with van der Waals surface area (Å²) in [6.07, 6.45) is 0. The number of likely N-dealkylation sites (N-methyl/N-ethyl adjacent to an activating group) is 1. The largest absolute Gasteiger partial charge is 0.347 e. The monoisotopic (exact) mass is 350 g/mol. The van der Waals surface area contributed by atoms with E-state index in [1.165, 1.54) is 0 Å². The number of halogens is 2. The summed E-state index contributed by atoms with van der Waals surface area (Å²) in [5.41, 5.74) is 1.00. The molecule has 0 saturated heterocycles. The van der Waals surface area contributed by atoms with Crippen LogP contribution >= 0.6 is 11.8 Å². The zero-order valence-corrected chi connectivity index (χ0v) is 14.4. The van der Waals surface area contributed by atoms with Gasteiger partial charge in [0, 0.05) is 11.4 Å². The molecule has 1 N–H and O–H groups in total. The van der Waals surface area contributed by atoms with Crippen LogP contribution in [0.5, 0.6) is 0 Å². The lowest BCUT2D eigenvalue weighted by Gasteiger charge is -2.22. The van der Waals surface area contributed by atoms with E-state index in [0.29, 0.717) is 6.54 Å². The summed E-state index contributed by atoms with van der Waals surface area (Å²) in [7, 11) is 3.86. The number of thioether (sulfide) groups is 1. The third-order valence-corrected chi connectivity index (χ3v) is 4.37. The predicted molar refractivity (Wildman–Crippen MR) is 93.0 cm³/mol. The highest BCUT2D eigenvalue weighted by Crippen LogP contribution is 2.23. The molecule has 24 heavy (non-hydrogen) atoms. The van der Waals surface area contributed by atoms with Gasteiger partial charge >= 0.3 is 0 Å². The maximum absolute atomic E-state index is 13.6. The second kappa shape index (κ2) is 8.80. The molecule has 0 radical (unpaired) electrons. The van der Waals surface area contributed by atoms with Gasteiger partial charge in [-0.25, -0.2) is 8.78 Å². The lowest BCUT2D eigenvalue weighted by atomic mass is 10.1. The molecule has 128 valence electrons. The minimum absolute atomic E-state index is 0.0249. The second-order valence-corrected chi connectivity index (χ2v) is 6.67. The zero-order chi connectivity index (χ0) is 17.5. The maximum Gasteiger partial charge on any atom is 0.230 e. The van der Waals surface area contributed by atoms with E-state index in [1.807, 2.05) is 49.3 Å². The number of carbonyl (C=O) groups is 1. The van der Waals surface area contributed by atoms with E-state index in [1.54, 1.807) is 0 Å². The standard InChI is InChI=1S/C18H20F2N2OS/c1-22(2)11-16(13-6-4-3-5-7-13)21-18(23)12-24-17-10-14(19)8-9-15(17)20/h3-10,16H,11-12H2,1-2H3,(H,21,23)/t16-/m0/s1. The number of hydrogen-bond acceptors (Lipinski definition) is 3. The molecule has 0 saturated carbocycles. The Hall–Kier alpha value is -1.92. The highest BCUT2D eigenvalue weighted by atomic mass is 32.2. The van der Waals surface area contributed by atoms with Crippen LogP contribution in [0.4, 0.5) is 8.78 Å². The molecule has 1 amide bonds. The minimum atomic E-state index is -0.526. The number of nitrogens with one attached hydrogen (secondary N) is 1. The van der Waals surface area contributed by atoms with Crippen molar-refractivity contribution in [1.29, 1.82) is 0 Å². The van der Waals surface area contributed by atoms with Gasteiger partial charge in [0.25, 0.3) is 0 Å². The normalized spacial score (nSPS) is 12.2. The highest BCUT2D eigenvalue weighted by Gasteiger charge is 2.16. The Morgan fingerprint density at radius 1 is 1.17 bits per heavy atom. The molecule has 0 spiro atoms. The minimum Gasteiger partial charge on any atom is -0.347 e. The fourth-order valence-corrected chi connectivity index (χ4v) is 3.02. The van der Waals surface area contributed by atoms with Gasteiger partial charge in [-0.2, -0.15) is 0 Å². The summed E-state index contributed by atoms with van der Waals surface area (Å²) in [6.45, 7) is 0.648. The molecule has 0 heterocycles. The molecule has 0 aromatic heterocycles. The Bertz CT molecular complexity index is 680. The van der Waals surface area contributed by atoms with E-state index in [4.69, 9.17) is 0 Å². The van der Waals surface area contributed by atoms with Crippen molar-refractivity contribution in [2.24, 2.45) is 0 Å². The van der Waals surface area contributed by atoms with Gasteiger partial charge in [-0.1, -0.05) is 30.3 Å². The van der Waals surface area contributed by atoms with Crippen LogP contribution in [0.2, 0.25) is 0 Å². The number of amides is 1. The van der Waals surface area contributed by atoms with Crippen molar-refractivity contribution in [3.05, 3.63) is 65.7 Å². The molecular weight excluding hydrogens is 330 g/mol. The fourth-order valence-electron chi connectivity index (χ4n) is 2.25. The van der Waals surface area contributed by atoms with E-state index >= 15 is 0 Å². The van der Waals surface area contributed by atoms with Crippen LogP contribution in [0.3, 0.4) is 0 Å². The first kappa shape index (κ1) is 18.4. The van der Waals surface area contributed by atoms with E-state index in [-0.39, 0.29) is 22.6 Å². The van der Waals surface area contributed by atoms with Crippen molar-refractivity contribution in [1.82, 2.24) is 10.2 Å². The summed E-state index contributed by atoms with van der Waals surface area (Å²) < 4.78 is 26.8. The number of hydrogen-bond donors (Lipinski definition) is 1. The average Bonchev–Trinajstić information content (AvgIpc) is 2.55. The Kier molecular flexibility index (Phi) is 6.75. The fraction of sp³-hybridized carbons (Fsp3) is 0.278. The van der Waals surface area contributed by atoms with Crippen molar-refractivity contribution in [3.63, 3.8) is 0 Å².